The van der Waals surface area contributed by atoms with Crippen molar-refractivity contribution in [1.29, 1.82) is 0 Å². The summed E-state index contributed by atoms with van der Waals surface area (Å²) in [4.78, 5) is 4.31. The van der Waals surface area contributed by atoms with Gasteiger partial charge in [-0.2, -0.15) is 10.1 Å². The van der Waals surface area contributed by atoms with E-state index in [1.807, 2.05) is 28.9 Å². The Morgan fingerprint density at radius 1 is 1.09 bits per heavy atom. The molecular weight excluding hydrogens is 423 g/mol. The Hall–Kier alpha value is -1.86. The number of benzene rings is 2. The molecule has 1 aliphatic heterocycles. The Bertz CT molecular complexity index is 886. The Morgan fingerprint density at radius 2 is 1.87 bits per heavy atom. The van der Waals surface area contributed by atoms with Crippen LogP contribution in [0, 0.1) is 3.57 Å². The molecule has 0 saturated carbocycles. The second-order valence-corrected chi connectivity index (χ2v) is 6.86. The van der Waals surface area contributed by atoms with Gasteiger partial charge in [0.25, 0.3) is 0 Å². The van der Waals surface area contributed by atoms with Crippen molar-refractivity contribution in [1.82, 2.24) is 14.8 Å². The number of hydrogen-bond acceptors (Lipinski definition) is 3. The van der Waals surface area contributed by atoms with Gasteiger partial charge in [-0.25, -0.2) is 4.68 Å². The van der Waals surface area contributed by atoms with Crippen LogP contribution in [0.2, 0.25) is 5.02 Å². The van der Waals surface area contributed by atoms with Gasteiger partial charge in [0.2, 0.25) is 5.95 Å². The first-order valence-electron chi connectivity index (χ1n) is 7.11. The summed E-state index contributed by atoms with van der Waals surface area (Å²) in [6.07, 6.45) is 3.68. The molecule has 1 atom stereocenters. The predicted molar refractivity (Wildman–Crippen MR) is 100 cm³/mol. The van der Waals surface area contributed by atoms with Crippen LogP contribution in [-0.2, 0) is 0 Å². The normalized spacial score (nSPS) is 16.4. The molecule has 0 unspecified atom stereocenters. The molecule has 4 rings (SSSR count). The molecule has 0 fully saturated rings. The highest BCUT2D eigenvalue weighted by Gasteiger charge is 2.24. The zero-order chi connectivity index (χ0) is 15.8. The van der Waals surface area contributed by atoms with Gasteiger partial charge in [-0.15, -0.1) is 0 Å². The molecule has 6 heteroatoms. The van der Waals surface area contributed by atoms with E-state index < -0.39 is 0 Å². The van der Waals surface area contributed by atoms with Crippen molar-refractivity contribution in [2.75, 3.05) is 5.32 Å². The number of hydrogen-bond donors (Lipinski definition) is 1. The van der Waals surface area contributed by atoms with Crippen LogP contribution in [0.1, 0.15) is 17.2 Å². The smallest absolute Gasteiger partial charge is 0.226 e. The summed E-state index contributed by atoms with van der Waals surface area (Å²) in [6.45, 7) is 0. The maximum atomic E-state index is 6.39. The standard InChI is InChI=1S/C17H12ClIN4/c18-14-4-2-1-3-13(14)16-9-15(11-5-7-12(19)8-6-11)22-17-20-10-21-23(16)17/h1-10,16H,(H,20,21,22)/t16-/m1/s1. The molecule has 4 nitrogen and oxygen atoms in total. The lowest BCUT2D eigenvalue weighted by Crippen LogP contribution is -2.20. The molecule has 3 aromatic rings. The van der Waals surface area contributed by atoms with Gasteiger partial charge in [0.1, 0.15) is 12.4 Å². The zero-order valence-electron chi connectivity index (χ0n) is 11.9. The summed E-state index contributed by atoms with van der Waals surface area (Å²) >= 11 is 8.69. The molecule has 23 heavy (non-hydrogen) atoms. The van der Waals surface area contributed by atoms with Gasteiger partial charge in [0, 0.05) is 14.3 Å². The number of allylic oxidation sites excluding steroid dienone is 1. The summed E-state index contributed by atoms with van der Waals surface area (Å²) in [5.41, 5.74) is 3.12. The van der Waals surface area contributed by atoms with Crippen molar-refractivity contribution in [2.24, 2.45) is 0 Å². The molecular formula is C17H12ClIN4. The Labute approximate surface area is 152 Å². The van der Waals surface area contributed by atoms with E-state index in [1.165, 1.54) is 3.57 Å². The summed E-state index contributed by atoms with van der Waals surface area (Å²) in [6, 6.07) is 16.1. The predicted octanol–water partition coefficient (Wildman–Crippen LogP) is 4.59. The highest BCUT2D eigenvalue weighted by atomic mass is 127. The molecule has 2 aromatic carbocycles. The molecule has 1 aliphatic rings. The van der Waals surface area contributed by atoms with Gasteiger partial charge >= 0.3 is 0 Å². The molecule has 0 saturated heterocycles. The molecule has 0 radical (unpaired) electrons. The first-order valence-corrected chi connectivity index (χ1v) is 8.57. The zero-order valence-corrected chi connectivity index (χ0v) is 14.9. The molecule has 0 amide bonds. The molecule has 0 bridgehead atoms. The maximum absolute atomic E-state index is 6.39. The second-order valence-electron chi connectivity index (χ2n) is 5.21. The number of nitrogens with one attached hydrogen (secondary N) is 1. The summed E-state index contributed by atoms with van der Waals surface area (Å²) in [7, 11) is 0. The summed E-state index contributed by atoms with van der Waals surface area (Å²) in [5.74, 6) is 0.714. The number of aromatic nitrogens is 3. The van der Waals surface area contributed by atoms with E-state index in [9.17, 15) is 0 Å². The van der Waals surface area contributed by atoms with Crippen LogP contribution in [0.5, 0.6) is 0 Å². The Kier molecular flexibility index (Phi) is 3.82. The van der Waals surface area contributed by atoms with Crippen LogP contribution in [0.15, 0.2) is 60.9 Å². The summed E-state index contributed by atoms with van der Waals surface area (Å²) in [5, 5.41) is 8.39. The van der Waals surface area contributed by atoms with Gasteiger partial charge in [0.15, 0.2) is 0 Å². The number of fused-ring (bicyclic) bond motifs is 1. The van der Waals surface area contributed by atoms with Crippen LogP contribution in [0.3, 0.4) is 0 Å². The third-order valence-electron chi connectivity index (χ3n) is 3.79. The van der Waals surface area contributed by atoms with E-state index >= 15 is 0 Å². The molecule has 2 heterocycles. The SMILES string of the molecule is Clc1ccccc1[C@H]1C=C(c2ccc(I)cc2)Nc2ncnn21. The number of rotatable bonds is 2. The average molecular weight is 435 g/mol. The van der Waals surface area contributed by atoms with Gasteiger partial charge < -0.3 is 5.32 Å². The minimum Gasteiger partial charge on any atom is -0.324 e. The van der Waals surface area contributed by atoms with Crippen LogP contribution in [0.25, 0.3) is 5.70 Å². The largest absolute Gasteiger partial charge is 0.324 e. The first kappa shape index (κ1) is 14.7. The first-order chi connectivity index (χ1) is 11.2. The molecule has 0 spiro atoms. The molecule has 0 aliphatic carbocycles. The lowest BCUT2D eigenvalue weighted by atomic mass is 10.0. The van der Waals surface area contributed by atoms with Gasteiger partial charge in [-0.05, 0) is 58.0 Å². The second kappa shape index (κ2) is 5.98. The number of nitrogens with zero attached hydrogens (tertiary/aromatic N) is 3. The third-order valence-corrected chi connectivity index (χ3v) is 4.85. The lowest BCUT2D eigenvalue weighted by Gasteiger charge is -2.25. The van der Waals surface area contributed by atoms with Crippen molar-refractivity contribution >= 4 is 45.8 Å². The van der Waals surface area contributed by atoms with Gasteiger partial charge in [0.05, 0.1) is 0 Å². The average Bonchev–Trinajstić information content (AvgIpc) is 3.04. The Morgan fingerprint density at radius 3 is 2.65 bits per heavy atom. The third kappa shape index (κ3) is 2.74. The van der Waals surface area contributed by atoms with Crippen LogP contribution in [-0.4, -0.2) is 14.8 Å². The minimum absolute atomic E-state index is 0.0864. The number of anilines is 1. The van der Waals surface area contributed by atoms with Crippen LogP contribution in [0.4, 0.5) is 5.95 Å². The van der Waals surface area contributed by atoms with E-state index in [4.69, 9.17) is 11.6 Å². The van der Waals surface area contributed by atoms with Gasteiger partial charge in [-0.1, -0.05) is 41.9 Å². The van der Waals surface area contributed by atoms with Gasteiger partial charge in [-0.3, -0.25) is 0 Å². The van der Waals surface area contributed by atoms with E-state index in [-0.39, 0.29) is 6.04 Å². The quantitative estimate of drug-likeness (QED) is 0.600. The topological polar surface area (TPSA) is 42.7 Å². The van der Waals surface area contributed by atoms with Crippen molar-refractivity contribution in [2.45, 2.75) is 6.04 Å². The highest BCUT2D eigenvalue weighted by Crippen LogP contribution is 2.34. The van der Waals surface area contributed by atoms with Crippen molar-refractivity contribution in [3.05, 3.63) is 80.7 Å². The number of halogens is 2. The van der Waals surface area contributed by atoms with Crippen molar-refractivity contribution in [3.63, 3.8) is 0 Å². The lowest BCUT2D eigenvalue weighted by molar-refractivity contribution is 0.612. The maximum Gasteiger partial charge on any atom is 0.226 e. The Balaban J connectivity index is 1.83. The highest BCUT2D eigenvalue weighted by molar-refractivity contribution is 14.1. The fraction of sp³-hybridized carbons (Fsp3) is 0.0588. The minimum atomic E-state index is -0.0864. The van der Waals surface area contributed by atoms with Crippen LogP contribution >= 0.6 is 34.2 Å². The summed E-state index contributed by atoms with van der Waals surface area (Å²) < 4.78 is 3.05. The molecule has 114 valence electrons. The molecule has 1 aromatic heterocycles. The van der Waals surface area contributed by atoms with E-state index in [2.05, 4.69) is 68.3 Å². The van der Waals surface area contributed by atoms with E-state index in [1.54, 1.807) is 6.33 Å². The van der Waals surface area contributed by atoms with E-state index in [0.717, 1.165) is 21.8 Å². The van der Waals surface area contributed by atoms with E-state index in [0.29, 0.717) is 5.95 Å². The molecule has 1 N–H and O–H groups in total. The fourth-order valence-electron chi connectivity index (χ4n) is 2.67. The monoisotopic (exact) mass is 434 g/mol. The fourth-order valence-corrected chi connectivity index (χ4v) is 3.28. The van der Waals surface area contributed by atoms with Crippen LogP contribution < -0.4 is 5.32 Å². The van der Waals surface area contributed by atoms with Crippen molar-refractivity contribution < 1.29 is 0 Å². The van der Waals surface area contributed by atoms with Crippen molar-refractivity contribution in [3.8, 4) is 0 Å².